The van der Waals surface area contributed by atoms with Crippen LogP contribution in [0.1, 0.15) is 48.7 Å². The second kappa shape index (κ2) is 12.4. The Hall–Kier alpha value is -4.16. The van der Waals surface area contributed by atoms with Crippen molar-refractivity contribution in [1.29, 1.82) is 0 Å². The van der Waals surface area contributed by atoms with Gasteiger partial charge in [-0.1, -0.05) is 19.9 Å². The summed E-state index contributed by atoms with van der Waals surface area (Å²) in [6.45, 7) is 5.51. The fourth-order valence-corrected chi connectivity index (χ4v) is 5.28. The fourth-order valence-electron chi connectivity index (χ4n) is 5.28. The van der Waals surface area contributed by atoms with Crippen LogP contribution in [0.4, 0.5) is 23.2 Å². The standard InChI is InChI=1S/C32H36F4N4O4/c1-19-11-26(24-16-39-40(27(24)12-19)23-8-6-7-21(13-23)29(42)37-15-20(2)41)38-18-31(43,32(34,35)36)17-30(3,4)25-14-22(33)9-10-28(25)44-5/h6-14,16,20,38,41,43H,15,17-18H2,1-5H3,(H,37,42)/t20-,31?/m0/s1. The van der Waals surface area contributed by atoms with Gasteiger partial charge in [0.05, 0.1) is 37.2 Å². The lowest BCUT2D eigenvalue weighted by atomic mass is 9.74. The van der Waals surface area contributed by atoms with E-state index in [4.69, 9.17) is 4.74 Å². The molecule has 1 aromatic heterocycles. The van der Waals surface area contributed by atoms with Gasteiger partial charge in [0.2, 0.25) is 0 Å². The highest BCUT2D eigenvalue weighted by Gasteiger charge is 2.56. The topological polar surface area (TPSA) is 109 Å². The zero-order valence-electron chi connectivity index (χ0n) is 25.1. The van der Waals surface area contributed by atoms with E-state index in [0.29, 0.717) is 33.4 Å². The molecule has 0 bridgehead atoms. The predicted molar refractivity (Wildman–Crippen MR) is 160 cm³/mol. The van der Waals surface area contributed by atoms with Gasteiger partial charge in [0.25, 0.3) is 5.91 Å². The molecule has 0 aliphatic heterocycles. The minimum Gasteiger partial charge on any atom is -0.496 e. The van der Waals surface area contributed by atoms with Crippen LogP contribution in [0.3, 0.4) is 0 Å². The number of aryl methyl sites for hydroxylation is 1. The van der Waals surface area contributed by atoms with Crippen LogP contribution in [-0.4, -0.2) is 64.0 Å². The first-order chi connectivity index (χ1) is 20.5. The number of methoxy groups -OCH3 is 1. The van der Waals surface area contributed by atoms with Crippen molar-refractivity contribution in [2.45, 2.75) is 57.4 Å². The number of rotatable bonds is 11. The molecule has 1 unspecified atom stereocenters. The number of hydrogen-bond donors (Lipinski definition) is 4. The zero-order chi connectivity index (χ0) is 32.4. The summed E-state index contributed by atoms with van der Waals surface area (Å²) in [7, 11) is 1.34. The lowest BCUT2D eigenvalue weighted by molar-refractivity contribution is -0.260. The molecule has 3 aromatic carbocycles. The van der Waals surface area contributed by atoms with E-state index < -0.39 is 42.1 Å². The summed E-state index contributed by atoms with van der Waals surface area (Å²) in [6, 6.07) is 13.7. The maximum atomic E-state index is 14.5. The highest BCUT2D eigenvalue weighted by Crippen LogP contribution is 2.44. The van der Waals surface area contributed by atoms with Crippen LogP contribution in [0.2, 0.25) is 0 Å². The average molecular weight is 617 g/mol. The minimum atomic E-state index is -5.03. The molecule has 2 atom stereocenters. The van der Waals surface area contributed by atoms with Crippen molar-refractivity contribution in [3.8, 4) is 11.4 Å². The van der Waals surface area contributed by atoms with Gasteiger partial charge in [-0.15, -0.1) is 0 Å². The minimum absolute atomic E-state index is 0.0826. The number of anilines is 1. The Labute approximate surface area is 252 Å². The largest absolute Gasteiger partial charge is 0.496 e. The summed E-state index contributed by atoms with van der Waals surface area (Å²) in [5.41, 5.74) is -1.86. The first-order valence-corrected chi connectivity index (χ1v) is 14.0. The zero-order valence-corrected chi connectivity index (χ0v) is 25.1. The maximum Gasteiger partial charge on any atom is 0.418 e. The van der Waals surface area contributed by atoms with Crippen LogP contribution in [-0.2, 0) is 5.41 Å². The smallest absolute Gasteiger partial charge is 0.418 e. The number of aliphatic hydroxyl groups is 2. The monoisotopic (exact) mass is 616 g/mol. The SMILES string of the molecule is COc1ccc(F)cc1C(C)(C)CC(O)(CNc1cc(C)cc2c1cnn2-c1cccc(C(=O)NC[C@H](C)O)c1)C(F)(F)F. The lowest BCUT2D eigenvalue weighted by Gasteiger charge is -2.38. The molecule has 1 amide bonds. The highest BCUT2D eigenvalue weighted by molar-refractivity contribution is 5.96. The molecule has 0 fully saturated rings. The molecule has 4 rings (SSSR count). The van der Waals surface area contributed by atoms with Gasteiger partial charge < -0.3 is 25.6 Å². The van der Waals surface area contributed by atoms with Gasteiger partial charge in [0.15, 0.2) is 5.60 Å². The molecule has 0 saturated heterocycles. The Kier molecular flexibility index (Phi) is 9.26. The maximum absolute atomic E-state index is 14.5. The molecule has 4 N–H and O–H groups in total. The van der Waals surface area contributed by atoms with Gasteiger partial charge >= 0.3 is 6.18 Å². The van der Waals surface area contributed by atoms with Crippen LogP contribution >= 0.6 is 0 Å². The summed E-state index contributed by atoms with van der Waals surface area (Å²) in [5.74, 6) is -0.799. The number of aromatic nitrogens is 2. The van der Waals surface area contributed by atoms with Crippen LogP contribution in [0, 0.1) is 12.7 Å². The van der Waals surface area contributed by atoms with Gasteiger partial charge in [-0.25, -0.2) is 9.07 Å². The number of aliphatic hydroxyl groups excluding tert-OH is 1. The van der Waals surface area contributed by atoms with Gasteiger partial charge in [0.1, 0.15) is 11.6 Å². The first-order valence-electron chi connectivity index (χ1n) is 14.0. The molecule has 4 aromatic rings. The van der Waals surface area contributed by atoms with E-state index in [1.165, 1.54) is 33.2 Å². The first kappa shape index (κ1) is 32.7. The number of nitrogens with zero attached hydrogens (tertiary/aromatic N) is 2. The van der Waals surface area contributed by atoms with Crippen LogP contribution in [0.25, 0.3) is 16.6 Å². The molecule has 0 radical (unpaired) electrons. The normalized spacial score (nSPS) is 14.2. The number of benzene rings is 3. The Bertz CT molecular complexity index is 1650. The van der Waals surface area contributed by atoms with Crippen molar-refractivity contribution in [2.24, 2.45) is 0 Å². The number of nitrogens with one attached hydrogen (secondary N) is 2. The molecular weight excluding hydrogens is 580 g/mol. The molecule has 44 heavy (non-hydrogen) atoms. The number of alkyl halides is 3. The second-order valence-electron chi connectivity index (χ2n) is 11.7. The van der Waals surface area contributed by atoms with Crippen molar-refractivity contribution in [1.82, 2.24) is 15.1 Å². The Balaban J connectivity index is 1.65. The lowest BCUT2D eigenvalue weighted by Crippen LogP contribution is -2.53. The van der Waals surface area contributed by atoms with Crippen molar-refractivity contribution in [3.63, 3.8) is 0 Å². The van der Waals surface area contributed by atoms with Crippen molar-refractivity contribution in [3.05, 3.63) is 83.3 Å². The molecule has 1 heterocycles. The quantitative estimate of drug-likeness (QED) is 0.162. The van der Waals surface area contributed by atoms with E-state index in [0.717, 1.165) is 12.1 Å². The highest BCUT2D eigenvalue weighted by atomic mass is 19.4. The Morgan fingerprint density at radius 2 is 1.84 bits per heavy atom. The van der Waals surface area contributed by atoms with Crippen molar-refractivity contribution < 1.29 is 37.3 Å². The number of fused-ring (bicyclic) bond motifs is 1. The van der Waals surface area contributed by atoms with E-state index in [2.05, 4.69) is 15.7 Å². The Morgan fingerprint density at radius 3 is 2.50 bits per heavy atom. The third kappa shape index (κ3) is 6.97. The number of amides is 1. The van der Waals surface area contributed by atoms with Gasteiger partial charge in [-0.05, 0) is 79.8 Å². The number of carbonyl (C=O) groups excluding carboxylic acids is 1. The third-order valence-electron chi connectivity index (χ3n) is 7.47. The van der Waals surface area contributed by atoms with E-state index in [1.54, 1.807) is 48.9 Å². The van der Waals surface area contributed by atoms with Gasteiger partial charge in [0, 0.05) is 28.7 Å². The number of halogens is 4. The predicted octanol–water partition coefficient (Wildman–Crippen LogP) is 5.67. The molecule has 8 nitrogen and oxygen atoms in total. The summed E-state index contributed by atoms with van der Waals surface area (Å²) < 4.78 is 64.4. The summed E-state index contributed by atoms with van der Waals surface area (Å²) >= 11 is 0. The molecule has 0 saturated carbocycles. The molecule has 0 spiro atoms. The van der Waals surface area contributed by atoms with Gasteiger partial charge in [-0.3, -0.25) is 4.79 Å². The number of ether oxygens (including phenoxy) is 1. The van der Waals surface area contributed by atoms with Crippen LogP contribution in [0.15, 0.2) is 60.8 Å². The van der Waals surface area contributed by atoms with E-state index in [9.17, 15) is 32.6 Å². The number of carbonyl (C=O) groups is 1. The summed E-state index contributed by atoms with van der Waals surface area (Å²) in [5, 5.41) is 31.0. The van der Waals surface area contributed by atoms with Gasteiger partial charge in [-0.2, -0.15) is 18.3 Å². The second-order valence-corrected chi connectivity index (χ2v) is 11.7. The fraction of sp³-hybridized carbons (Fsp3) is 0.375. The average Bonchev–Trinajstić information content (AvgIpc) is 3.37. The molecule has 12 heteroatoms. The van der Waals surface area contributed by atoms with Crippen molar-refractivity contribution in [2.75, 3.05) is 25.5 Å². The molecule has 0 aliphatic rings. The number of hydrogen-bond acceptors (Lipinski definition) is 6. The Morgan fingerprint density at radius 1 is 1.11 bits per heavy atom. The molecule has 0 aliphatic carbocycles. The van der Waals surface area contributed by atoms with E-state index in [1.807, 2.05) is 6.07 Å². The van der Waals surface area contributed by atoms with E-state index in [-0.39, 0.29) is 23.8 Å². The summed E-state index contributed by atoms with van der Waals surface area (Å²) in [6.07, 6.45) is -5.03. The van der Waals surface area contributed by atoms with Crippen molar-refractivity contribution >= 4 is 22.5 Å². The summed E-state index contributed by atoms with van der Waals surface area (Å²) in [4.78, 5) is 12.5. The molecule has 236 valence electrons. The van der Waals surface area contributed by atoms with Crippen LogP contribution in [0.5, 0.6) is 5.75 Å². The van der Waals surface area contributed by atoms with E-state index >= 15 is 0 Å². The third-order valence-corrected chi connectivity index (χ3v) is 7.47. The van der Waals surface area contributed by atoms with Crippen LogP contribution < -0.4 is 15.4 Å². The molecular formula is C32H36F4N4O4.